The standard InChI is InChI=1S/C31H39FN2O2/c1-3-5-7-9-10-12-13-24-15-17-26(18-16-24)31(35)36-27-19-20-28(29(32)21-27)30-33-22-25(23-34-30)14-11-8-6-4-2/h15-23H,3-14H2,1-2H3. The van der Waals surface area contributed by atoms with Gasteiger partial charge >= 0.3 is 5.97 Å². The summed E-state index contributed by atoms with van der Waals surface area (Å²) in [5.74, 6) is -0.546. The summed E-state index contributed by atoms with van der Waals surface area (Å²) in [6, 6.07) is 11.8. The molecule has 1 heterocycles. The predicted octanol–water partition coefficient (Wildman–Crippen LogP) is 8.53. The van der Waals surface area contributed by atoms with Crippen LogP contribution in [0.1, 0.15) is 99.5 Å². The Balaban J connectivity index is 1.51. The van der Waals surface area contributed by atoms with Crippen molar-refractivity contribution >= 4 is 5.97 Å². The van der Waals surface area contributed by atoms with Crippen molar-refractivity contribution < 1.29 is 13.9 Å². The summed E-state index contributed by atoms with van der Waals surface area (Å²) in [5, 5.41) is 0. The fraction of sp³-hybridized carbons (Fsp3) is 0.452. The highest BCUT2D eigenvalue weighted by Crippen LogP contribution is 2.24. The lowest BCUT2D eigenvalue weighted by molar-refractivity contribution is 0.0734. The molecule has 0 aliphatic rings. The maximum atomic E-state index is 14.8. The summed E-state index contributed by atoms with van der Waals surface area (Å²) in [6.45, 7) is 4.41. The van der Waals surface area contributed by atoms with Crippen LogP contribution in [0.25, 0.3) is 11.4 Å². The number of halogens is 1. The highest BCUT2D eigenvalue weighted by Gasteiger charge is 2.13. The SMILES string of the molecule is CCCCCCCCc1ccc(C(=O)Oc2ccc(-c3ncc(CCCCCC)cn3)c(F)c2)cc1. The Morgan fingerprint density at radius 3 is 1.97 bits per heavy atom. The van der Waals surface area contributed by atoms with Crippen molar-refractivity contribution in [3.63, 3.8) is 0 Å². The third-order valence-corrected chi connectivity index (χ3v) is 6.42. The third kappa shape index (κ3) is 8.85. The minimum Gasteiger partial charge on any atom is -0.423 e. The minimum atomic E-state index is -0.523. The lowest BCUT2D eigenvalue weighted by Crippen LogP contribution is -2.09. The van der Waals surface area contributed by atoms with E-state index in [0.717, 1.165) is 31.2 Å². The van der Waals surface area contributed by atoms with Gasteiger partial charge in [-0.2, -0.15) is 0 Å². The molecule has 0 spiro atoms. The maximum absolute atomic E-state index is 14.8. The number of nitrogens with zero attached hydrogens (tertiary/aromatic N) is 2. The Morgan fingerprint density at radius 1 is 0.750 bits per heavy atom. The molecule has 0 aliphatic carbocycles. The number of hydrogen-bond acceptors (Lipinski definition) is 4. The molecule has 0 amide bonds. The Labute approximate surface area is 215 Å². The van der Waals surface area contributed by atoms with E-state index in [9.17, 15) is 9.18 Å². The Kier molecular flexibility index (Phi) is 11.6. The third-order valence-electron chi connectivity index (χ3n) is 6.42. The number of aryl methyl sites for hydroxylation is 2. The predicted molar refractivity (Wildman–Crippen MR) is 144 cm³/mol. The average Bonchev–Trinajstić information content (AvgIpc) is 2.89. The molecule has 0 saturated heterocycles. The van der Waals surface area contributed by atoms with Gasteiger partial charge in [-0.3, -0.25) is 0 Å². The molecular weight excluding hydrogens is 451 g/mol. The number of ether oxygens (including phenoxy) is 1. The summed E-state index contributed by atoms with van der Waals surface area (Å²) in [4.78, 5) is 21.2. The molecule has 4 nitrogen and oxygen atoms in total. The van der Waals surface area contributed by atoms with E-state index >= 15 is 0 Å². The molecule has 5 heteroatoms. The van der Waals surface area contributed by atoms with Crippen LogP contribution >= 0.6 is 0 Å². The van der Waals surface area contributed by atoms with Gasteiger partial charge in [-0.25, -0.2) is 19.2 Å². The molecule has 0 saturated carbocycles. The molecule has 0 bridgehead atoms. The fourth-order valence-corrected chi connectivity index (χ4v) is 4.20. The number of carbonyl (C=O) groups is 1. The first-order valence-electron chi connectivity index (χ1n) is 13.5. The Bertz CT molecular complexity index is 1060. The van der Waals surface area contributed by atoms with Crippen molar-refractivity contribution in [1.82, 2.24) is 9.97 Å². The average molecular weight is 491 g/mol. The van der Waals surface area contributed by atoms with Crippen LogP contribution < -0.4 is 4.74 Å². The molecule has 1 aromatic heterocycles. The Morgan fingerprint density at radius 2 is 1.33 bits per heavy atom. The summed E-state index contributed by atoms with van der Waals surface area (Å²) >= 11 is 0. The Hall–Kier alpha value is -3.08. The largest absolute Gasteiger partial charge is 0.423 e. The van der Waals surface area contributed by atoms with Crippen LogP contribution in [0.5, 0.6) is 5.75 Å². The van der Waals surface area contributed by atoms with Crippen LogP contribution in [-0.2, 0) is 12.8 Å². The summed E-state index contributed by atoms with van der Waals surface area (Å²) in [5.41, 5.74) is 3.00. The summed E-state index contributed by atoms with van der Waals surface area (Å²) in [7, 11) is 0. The molecule has 0 aliphatic heterocycles. The van der Waals surface area contributed by atoms with Gasteiger partial charge in [0.05, 0.1) is 11.1 Å². The molecule has 3 aromatic rings. The zero-order valence-electron chi connectivity index (χ0n) is 21.8. The smallest absolute Gasteiger partial charge is 0.343 e. The van der Waals surface area contributed by atoms with Crippen LogP contribution in [-0.4, -0.2) is 15.9 Å². The van der Waals surface area contributed by atoms with E-state index in [4.69, 9.17) is 4.74 Å². The molecule has 0 radical (unpaired) electrons. The van der Waals surface area contributed by atoms with Crippen molar-refractivity contribution in [1.29, 1.82) is 0 Å². The van der Waals surface area contributed by atoms with E-state index in [-0.39, 0.29) is 11.3 Å². The molecular formula is C31H39FN2O2. The van der Waals surface area contributed by atoms with Gasteiger partial charge in [-0.1, -0.05) is 77.3 Å². The van der Waals surface area contributed by atoms with E-state index < -0.39 is 11.8 Å². The van der Waals surface area contributed by atoms with Gasteiger partial charge in [0.2, 0.25) is 0 Å². The van der Waals surface area contributed by atoms with Gasteiger partial charge < -0.3 is 4.74 Å². The van der Waals surface area contributed by atoms with Crippen molar-refractivity contribution in [2.45, 2.75) is 90.9 Å². The first kappa shape index (κ1) is 27.5. The normalized spacial score (nSPS) is 11.0. The zero-order valence-corrected chi connectivity index (χ0v) is 21.8. The molecule has 0 fully saturated rings. The van der Waals surface area contributed by atoms with Crippen LogP contribution in [0.2, 0.25) is 0 Å². The van der Waals surface area contributed by atoms with Gasteiger partial charge in [0, 0.05) is 18.5 Å². The first-order chi connectivity index (χ1) is 17.6. The van der Waals surface area contributed by atoms with Crippen LogP contribution in [0.3, 0.4) is 0 Å². The quantitative estimate of drug-likeness (QED) is 0.122. The van der Waals surface area contributed by atoms with Gasteiger partial charge in [-0.05, 0) is 61.1 Å². The van der Waals surface area contributed by atoms with Crippen LogP contribution in [0.4, 0.5) is 4.39 Å². The summed E-state index contributed by atoms with van der Waals surface area (Å²) in [6.07, 6.45) is 17.7. The second-order valence-corrected chi connectivity index (χ2v) is 9.47. The monoisotopic (exact) mass is 490 g/mol. The number of unbranched alkanes of at least 4 members (excludes halogenated alkanes) is 8. The molecule has 2 aromatic carbocycles. The topological polar surface area (TPSA) is 52.1 Å². The van der Waals surface area contributed by atoms with Crippen molar-refractivity contribution in [2.24, 2.45) is 0 Å². The molecule has 192 valence electrons. The van der Waals surface area contributed by atoms with Gasteiger partial charge in [0.15, 0.2) is 5.82 Å². The first-order valence-corrected chi connectivity index (χ1v) is 13.5. The number of aromatic nitrogens is 2. The van der Waals surface area contributed by atoms with E-state index in [1.54, 1.807) is 36.7 Å². The van der Waals surface area contributed by atoms with E-state index in [0.29, 0.717) is 11.4 Å². The minimum absolute atomic E-state index is 0.157. The lowest BCUT2D eigenvalue weighted by Gasteiger charge is -2.08. The number of hydrogen-bond donors (Lipinski definition) is 0. The van der Waals surface area contributed by atoms with Gasteiger partial charge in [0.1, 0.15) is 11.6 Å². The van der Waals surface area contributed by atoms with Gasteiger partial charge in [0.25, 0.3) is 0 Å². The highest BCUT2D eigenvalue weighted by atomic mass is 19.1. The van der Waals surface area contributed by atoms with E-state index in [1.165, 1.54) is 63.0 Å². The fourth-order valence-electron chi connectivity index (χ4n) is 4.20. The van der Waals surface area contributed by atoms with E-state index in [1.807, 2.05) is 12.1 Å². The van der Waals surface area contributed by atoms with Gasteiger partial charge in [-0.15, -0.1) is 0 Å². The zero-order chi connectivity index (χ0) is 25.6. The molecule has 36 heavy (non-hydrogen) atoms. The second-order valence-electron chi connectivity index (χ2n) is 9.47. The molecule has 0 N–H and O–H groups in total. The van der Waals surface area contributed by atoms with Crippen LogP contribution in [0, 0.1) is 5.82 Å². The number of esters is 1. The van der Waals surface area contributed by atoms with Crippen LogP contribution in [0.15, 0.2) is 54.9 Å². The highest BCUT2D eigenvalue weighted by molar-refractivity contribution is 5.91. The van der Waals surface area contributed by atoms with Crippen molar-refractivity contribution in [3.05, 3.63) is 77.4 Å². The molecule has 3 rings (SSSR count). The second kappa shape index (κ2) is 15.1. The van der Waals surface area contributed by atoms with E-state index in [2.05, 4.69) is 23.8 Å². The summed E-state index contributed by atoms with van der Waals surface area (Å²) < 4.78 is 20.2. The lowest BCUT2D eigenvalue weighted by atomic mass is 10.0. The number of rotatable bonds is 15. The number of carbonyl (C=O) groups excluding carboxylic acids is 1. The maximum Gasteiger partial charge on any atom is 0.343 e. The molecule has 0 atom stereocenters. The number of benzene rings is 2. The van der Waals surface area contributed by atoms with Crippen molar-refractivity contribution in [3.8, 4) is 17.1 Å². The van der Waals surface area contributed by atoms with Crippen molar-refractivity contribution in [2.75, 3.05) is 0 Å². The molecule has 0 unspecified atom stereocenters.